The third kappa shape index (κ3) is 2.76. The molecule has 0 amide bonds. The van der Waals surface area contributed by atoms with E-state index in [1.165, 1.54) is 25.7 Å². The van der Waals surface area contributed by atoms with Gasteiger partial charge in [-0.1, -0.05) is 18.9 Å². The Bertz CT molecular complexity index is 805. The van der Waals surface area contributed by atoms with Gasteiger partial charge in [0.25, 0.3) is 0 Å². The Morgan fingerprint density at radius 2 is 2.09 bits per heavy atom. The van der Waals surface area contributed by atoms with E-state index in [0.717, 1.165) is 28.4 Å². The lowest BCUT2D eigenvalue weighted by atomic mass is 10.1. The quantitative estimate of drug-likeness (QED) is 0.802. The van der Waals surface area contributed by atoms with Gasteiger partial charge in [0.2, 0.25) is 0 Å². The van der Waals surface area contributed by atoms with Crippen LogP contribution < -0.4 is 5.32 Å². The topological polar surface area (TPSA) is 68.5 Å². The maximum Gasteiger partial charge on any atom is 0.163 e. The van der Waals surface area contributed by atoms with Crippen molar-refractivity contribution in [1.29, 1.82) is 0 Å². The van der Waals surface area contributed by atoms with Crippen molar-refractivity contribution in [1.82, 2.24) is 24.7 Å². The first-order valence-electron chi connectivity index (χ1n) is 8.14. The lowest BCUT2D eigenvalue weighted by molar-refractivity contribution is 0.667. The zero-order valence-electron chi connectivity index (χ0n) is 13.2. The van der Waals surface area contributed by atoms with Crippen molar-refractivity contribution >= 4 is 16.9 Å². The van der Waals surface area contributed by atoms with Crippen molar-refractivity contribution in [2.24, 2.45) is 7.05 Å². The lowest BCUT2D eigenvalue weighted by Gasteiger charge is -2.12. The molecule has 0 spiro atoms. The molecule has 3 aromatic rings. The minimum absolute atomic E-state index is 0.477. The van der Waals surface area contributed by atoms with Gasteiger partial charge in [-0.3, -0.25) is 9.67 Å². The van der Waals surface area contributed by atoms with Crippen molar-refractivity contribution in [3.63, 3.8) is 0 Å². The third-order valence-electron chi connectivity index (χ3n) is 4.49. The molecule has 3 heterocycles. The molecule has 0 radical (unpaired) electrons. The van der Waals surface area contributed by atoms with Crippen LogP contribution in [0.4, 0.5) is 5.82 Å². The Labute approximate surface area is 135 Å². The second-order valence-corrected chi connectivity index (χ2v) is 6.09. The van der Waals surface area contributed by atoms with Crippen molar-refractivity contribution in [3.05, 3.63) is 42.1 Å². The predicted molar refractivity (Wildman–Crippen MR) is 89.1 cm³/mol. The van der Waals surface area contributed by atoms with Gasteiger partial charge in [0.05, 0.1) is 23.8 Å². The molecule has 6 heteroatoms. The highest BCUT2D eigenvalue weighted by atomic mass is 15.3. The van der Waals surface area contributed by atoms with E-state index in [1.807, 2.05) is 36.1 Å². The van der Waals surface area contributed by atoms with Gasteiger partial charge in [-0.25, -0.2) is 9.97 Å². The van der Waals surface area contributed by atoms with Gasteiger partial charge in [0.15, 0.2) is 5.65 Å². The molecule has 0 saturated heterocycles. The number of anilines is 1. The third-order valence-corrected chi connectivity index (χ3v) is 4.49. The molecule has 0 bridgehead atoms. The molecule has 0 unspecified atom stereocenters. The Morgan fingerprint density at radius 3 is 2.87 bits per heavy atom. The maximum absolute atomic E-state index is 4.81. The number of aryl methyl sites for hydroxylation is 1. The Morgan fingerprint density at radius 1 is 1.22 bits per heavy atom. The minimum atomic E-state index is 0.477. The van der Waals surface area contributed by atoms with Crippen molar-refractivity contribution in [3.8, 4) is 0 Å². The van der Waals surface area contributed by atoms with E-state index in [9.17, 15) is 0 Å². The van der Waals surface area contributed by atoms with Crippen LogP contribution in [0.5, 0.6) is 0 Å². The van der Waals surface area contributed by atoms with Gasteiger partial charge >= 0.3 is 0 Å². The van der Waals surface area contributed by atoms with Crippen LogP contribution in [0.1, 0.15) is 43.1 Å². The summed E-state index contributed by atoms with van der Waals surface area (Å²) < 4.78 is 1.82. The van der Waals surface area contributed by atoms with Gasteiger partial charge in [0.1, 0.15) is 11.6 Å². The molecule has 1 N–H and O–H groups in total. The van der Waals surface area contributed by atoms with Crippen LogP contribution in [-0.2, 0) is 13.6 Å². The highest BCUT2D eigenvalue weighted by molar-refractivity contribution is 5.86. The number of aromatic nitrogens is 5. The van der Waals surface area contributed by atoms with Gasteiger partial charge in [-0.15, -0.1) is 0 Å². The van der Waals surface area contributed by atoms with Crippen LogP contribution >= 0.6 is 0 Å². The van der Waals surface area contributed by atoms with Gasteiger partial charge in [-0.2, -0.15) is 5.10 Å². The molecule has 0 atom stereocenters. The summed E-state index contributed by atoms with van der Waals surface area (Å²) in [6.07, 6.45) is 8.55. The van der Waals surface area contributed by atoms with Gasteiger partial charge < -0.3 is 5.32 Å². The summed E-state index contributed by atoms with van der Waals surface area (Å²) in [4.78, 5) is 13.9. The Hall–Kier alpha value is -2.50. The van der Waals surface area contributed by atoms with E-state index in [0.29, 0.717) is 12.5 Å². The Kier molecular flexibility index (Phi) is 3.65. The average Bonchev–Trinajstić information content (AvgIpc) is 3.24. The fourth-order valence-electron chi connectivity index (χ4n) is 3.22. The molecule has 0 aliphatic heterocycles. The first-order chi connectivity index (χ1) is 11.3. The van der Waals surface area contributed by atoms with Crippen molar-refractivity contribution in [2.45, 2.75) is 38.1 Å². The van der Waals surface area contributed by atoms with E-state index in [4.69, 9.17) is 9.97 Å². The van der Waals surface area contributed by atoms with Gasteiger partial charge in [0, 0.05) is 19.2 Å². The second kappa shape index (κ2) is 5.95. The molecule has 1 fully saturated rings. The first-order valence-corrected chi connectivity index (χ1v) is 8.14. The summed E-state index contributed by atoms with van der Waals surface area (Å²) >= 11 is 0. The zero-order valence-corrected chi connectivity index (χ0v) is 13.2. The van der Waals surface area contributed by atoms with Crippen molar-refractivity contribution < 1.29 is 0 Å². The average molecular weight is 308 g/mol. The number of hydrogen-bond acceptors (Lipinski definition) is 5. The predicted octanol–water partition coefficient (Wildman–Crippen LogP) is 3.03. The molecule has 6 nitrogen and oxygen atoms in total. The monoisotopic (exact) mass is 308 g/mol. The summed E-state index contributed by atoms with van der Waals surface area (Å²) in [7, 11) is 1.93. The highest BCUT2D eigenvalue weighted by Gasteiger charge is 2.22. The van der Waals surface area contributed by atoms with E-state index in [1.54, 1.807) is 6.20 Å². The van der Waals surface area contributed by atoms with Crippen LogP contribution in [0.15, 0.2) is 30.6 Å². The highest BCUT2D eigenvalue weighted by Crippen LogP contribution is 2.34. The molecule has 3 aromatic heterocycles. The largest absolute Gasteiger partial charge is 0.364 e. The number of nitrogens with one attached hydrogen (secondary N) is 1. The number of hydrogen-bond donors (Lipinski definition) is 1. The molecular weight excluding hydrogens is 288 g/mol. The van der Waals surface area contributed by atoms with E-state index in [2.05, 4.69) is 15.4 Å². The van der Waals surface area contributed by atoms with Crippen LogP contribution in [0.25, 0.3) is 11.0 Å². The minimum Gasteiger partial charge on any atom is -0.364 e. The van der Waals surface area contributed by atoms with Crippen LogP contribution in [0.3, 0.4) is 0 Å². The second-order valence-electron chi connectivity index (χ2n) is 6.09. The molecule has 1 saturated carbocycles. The molecule has 118 valence electrons. The van der Waals surface area contributed by atoms with E-state index in [-0.39, 0.29) is 0 Å². The van der Waals surface area contributed by atoms with Crippen LogP contribution in [-0.4, -0.2) is 24.7 Å². The SMILES string of the molecule is Cn1ncc2c(NCc3ccccn3)nc(C3CCCC3)nc21. The summed E-state index contributed by atoms with van der Waals surface area (Å²) in [6.45, 7) is 0.645. The van der Waals surface area contributed by atoms with Crippen LogP contribution in [0, 0.1) is 0 Å². The number of rotatable bonds is 4. The van der Waals surface area contributed by atoms with Gasteiger partial charge in [-0.05, 0) is 25.0 Å². The molecule has 1 aliphatic carbocycles. The fourth-order valence-corrected chi connectivity index (χ4v) is 3.22. The molecule has 4 rings (SSSR count). The number of pyridine rings is 1. The summed E-state index contributed by atoms with van der Waals surface area (Å²) in [5, 5.41) is 8.71. The van der Waals surface area contributed by atoms with Crippen molar-refractivity contribution in [2.75, 3.05) is 5.32 Å². The van der Waals surface area contributed by atoms with E-state index < -0.39 is 0 Å². The summed E-state index contributed by atoms with van der Waals surface area (Å²) in [5.41, 5.74) is 1.89. The fraction of sp³-hybridized carbons (Fsp3) is 0.412. The van der Waals surface area contributed by atoms with E-state index >= 15 is 0 Å². The van der Waals surface area contributed by atoms with Crippen LogP contribution in [0.2, 0.25) is 0 Å². The lowest BCUT2D eigenvalue weighted by Crippen LogP contribution is -2.08. The standard InChI is InChI=1S/C17H20N6/c1-23-17-14(11-20-23)16(19-10-13-8-4-5-9-18-13)21-15(22-17)12-6-2-3-7-12/h4-5,8-9,11-12H,2-3,6-7,10H2,1H3,(H,19,21,22). The summed E-state index contributed by atoms with van der Waals surface area (Å²) in [5.74, 6) is 2.28. The summed E-state index contributed by atoms with van der Waals surface area (Å²) in [6, 6.07) is 5.92. The zero-order chi connectivity index (χ0) is 15.6. The normalized spacial score (nSPS) is 15.3. The number of fused-ring (bicyclic) bond motifs is 1. The number of nitrogens with zero attached hydrogens (tertiary/aromatic N) is 5. The molecule has 1 aliphatic rings. The maximum atomic E-state index is 4.81. The smallest absolute Gasteiger partial charge is 0.163 e. The molecule has 23 heavy (non-hydrogen) atoms. The Balaban J connectivity index is 1.68. The molecule has 0 aromatic carbocycles. The molecular formula is C17H20N6. The first kappa shape index (κ1) is 14.1.